The molecule has 4 N–H and O–H groups in total. The molecule has 2 aromatic rings. The molecule has 2 rings (SSSR count). The Balaban J connectivity index is 2.16. The summed E-state index contributed by atoms with van der Waals surface area (Å²) in [4.78, 5) is 16.9. The van der Waals surface area contributed by atoms with E-state index in [9.17, 15) is 4.79 Å². The Labute approximate surface area is 147 Å². The van der Waals surface area contributed by atoms with Crippen molar-refractivity contribution >= 4 is 29.0 Å². The van der Waals surface area contributed by atoms with E-state index in [1.807, 2.05) is 0 Å². The van der Waals surface area contributed by atoms with Gasteiger partial charge in [0, 0.05) is 22.9 Å². The van der Waals surface area contributed by atoms with Crippen LogP contribution in [0.15, 0.2) is 42.6 Å². The number of nitrogens with zero attached hydrogens (tertiary/aromatic N) is 1. The summed E-state index contributed by atoms with van der Waals surface area (Å²) in [5.74, 6) is 0.347. The Hall–Kier alpha value is -2.11. The van der Waals surface area contributed by atoms with Gasteiger partial charge in [-0.2, -0.15) is 0 Å². The zero-order valence-corrected chi connectivity index (χ0v) is 14.5. The Morgan fingerprint density at radius 2 is 2.12 bits per heavy atom. The molecular formula is C18H23ClN4O. The van der Waals surface area contributed by atoms with Gasteiger partial charge in [0.05, 0.1) is 5.56 Å². The standard InChI is InChI=1S/C18H23ClN4O/c1-2-5-14(9-10-20)22-17-16(8-4-11-21-17)18(24)23-15-7-3-6-13(19)12-15/h3-4,6-8,11-12,14H,2,5,9-10,20H2,1H3,(H,21,22)(H,23,24)/t14-/m0/s1. The highest BCUT2D eigenvalue weighted by atomic mass is 35.5. The number of nitrogens with one attached hydrogen (secondary N) is 2. The van der Waals surface area contributed by atoms with E-state index in [0.29, 0.717) is 28.6 Å². The van der Waals surface area contributed by atoms with Crippen molar-refractivity contribution in [3.8, 4) is 0 Å². The van der Waals surface area contributed by atoms with E-state index in [0.717, 1.165) is 19.3 Å². The lowest BCUT2D eigenvalue weighted by molar-refractivity contribution is 0.102. The summed E-state index contributed by atoms with van der Waals surface area (Å²) in [7, 11) is 0. The van der Waals surface area contributed by atoms with Crippen molar-refractivity contribution in [1.82, 2.24) is 4.98 Å². The maximum atomic E-state index is 12.6. The number of hydrogen-bond acceptors (Lipinski definition) is 4. The monoisotopic (exact) mass is 346 g/mol. The van der Waals surface area contributed by atoms with Crippen LogP contribution in [-0.2, 0) is 0 Å². The summed E-state index contributed by atoms with van der Waals surface area (Å²) in [6.07, 6.45) is 4.52. The number of carbonyl (C=O) groups is 1. The lowest BCUT2D eigenvalue weighted by atomic mass is 10.1. The fourth-order valence-electron chi connectivity index (χ4n) is 2.50. The van der Waals surface area contributed by atoms with Crippen LogP contribution < -0.4 is 16.4 Å². The van der Waals surface area contributed by atoms with Gasteiger partial charge in [0.15, 0.2) is 0 Å². The Morgan fingerprint density at radius 3 is 2.83 bits per heavy atom. The van der Waals surface area contributed by atoms with Gasteiger partial charge in [0.2, 0.25) is 0 Å². The predicted octanol–water partition coefficient (Wildman–Crippen LogP) is 3.92. The maximum absolute atomic E-state index is 12.6. The summed E-state index contributed by atoms with van der Waals surface area (Å²) in [6, 6.07) is 10.7. The second-order valence-corrected chi connectivity index (χ2v) is 6.01. The molecule has 0 bridgehead atoms. The van der Waals surface area contributed by atoms with Crippen LogP contribution in [0.4, 0.5) is 11.5 Å². The van der Waals surface area contributed by atoms with Gasteiger partial charge in [-0.05, 0) is 49.7 Å². The average molecular weight is 347 g/mol. The van der Waals surface area contributed by atoms with Crippen molar-refractivity contribution in [3.63, 3.8) is 0 Å². The summed E-state index contributed by atoms with van der Waals surface area (Å²) in [5, 5.41) is 6.77. The first-order valence-corrected chi connectivity index (χ1v) is 8.50. The number of aromatic nitrogens is 1. The summed E-state index contributed by atoms with van der Waals surface area (Å²) in [6.45, 7) is 2.71. The van der Waals surface area contributed by atoms with Gasteiger partial charge in [0.1, 0.15) is 5.82 Å². The molecule has 0 fully saturated rings. The first-order chi connectivity index (χ1) is 11.6. The van der Waals surface area contributed by atoms with Crippen LogP contribution in [-0.4, -0.2) is 23.5 Å². The minimum atomic E-state index is -0.226. The molecule has 0 unspecified atom stereocenters. The Kier molecular flexibility index (Phi) is 7.03. The molecule has 128 valence electrons. The molecule has 0 aliphatic heterocycles. The molecule has 24 heavy (non-hydrogen) atoms. The molecule has 1 aromatic heterocycles. The molecule has 1 atom stereocenters. The highest BCUT2D eigenvalue weighted by Crippen LogP contribution is 2.19. The second-order valence-electron chi connectivity index (χ2n) is 5.57. The molecule has 0 saturated heterocycles. The van der Waals surface area contributed by atoms with Gasteiger partial charge in [-0.25, -0.2) is 4.98 Å². The molecule has 1 amide bonds. The van der Waals surface area contributed by atoms with Crippen LogP contribution >= 0.6 is 11.6 Å². The number of pyridine rings is 1. The van der Waals surface area contributed by atoms with E-state index in [4.69, 9.17) is 17.3 Å². The fraction of sp³-hybridized carbons (Fsp3) is 0.333. The molecule has 1 aromatic carbocycles. The first kappa shape index (κ1) is 18.2. The molecule has 1 heterocycles. The van der Waals surface area contributed by atoms with Crippen molar-refractivity contribution in [1.29, 1.82) is 0 Å². The summed E-state index contributed by atoms with van der Waals surface area (Å²) in [5.41, 5.74) is 6.82. The van der Waals surface area contributed by atoms with Gasteiger partial charge in [-0.3, -0.25) is 4.79 Å². The molecule has 0 spiro atoms. The van der Waals surface area contributed by atoms with Crippen molar-refractivity contribution in [2.45, 2.75) is 32.2 Å². The van der Waals surface area contributed by atoms with E-state index in [2.05, 4.69) is 22.5 Å². The van der Waals surface area contributed by atoms with E-state index >= 15 is 0 Å². The van der Waals surface area contributed by atoms with Gasteiger partial charge in [0.25, 0.3) is 5.91 Å². The van der Waals surface area contributed by atoms with Crippen LogP contribution in [0.2, 0.25) is 5.02 Å². The fourth-order valence-corrected chi connectivity index (χ4v) is 2.69. The van der Waals surface area contributed by atoms with Crippen molar-refractivity contribution in [2.24, 2.45) is 5.73 Å². The average Bonchev–Trinajstić information content (AvgIpc) is 2.56. The van der Waals surface area contributed by atoms with Crippen LogP contribution in [0.3, 0.4) is 0 Å². The number of hydrogen-bond donors (Lipinski definition) is 3. The maximum Gasteiger partial charge on any atom is 0.259 e. The van der Waals surface area contributed by atoms with E-state index in [-0.39, 0.29) is 11.9 Å². The summed E-state index contributed by atoms with van der Waals surface area (Å²) < 4.78 is 0. The molecule has 0 aliphatic carbocycles. The number of nitrogens with two attached hydrogens (primary N) is 1. The molecule has 0 aliphatic rings. The number of anilines is 2. The number of rotatable bonds is 8. The lowest BCUT2D eigenvalue weighted by Gasteiger charge is -2.19. The number of amides is 1. The topological polar surface area (TPSA) is 80.0 Å². The smallest absolute Gasteiger partial charge is 0.259 e. The third kappa shape index (κ3) is 5.22. The van der Waals surface area contributed by atoms with Crippen LogP contribution in [0.1, 0.15) is 36.5 Å². The molecule has 0 saturated carbocycles. The van der Waals surface area contributed by atoms with Gasteiger partial charge < -0.3 is 16.4 Å². The van der Waals surface area contributed by atoms with E-state index < -0.39 is 0 Å². The second kappa shape index (κ2) is 9.25. The lowest BCUT2D eigenvalue weighted by Crippen LogP contribution is -2.25. The first-order valence-electron chi connectivity index (χ1n) is 8.12. The number of benzene rings is 1. The predicted molar refractivity (Wildman–Crippen MR) is 99.6 cm³/mol. The van der Waals surface area contributed by atoms with Crippen molar-refractivity contribution in [3.05, 3.63) is 53.2 Å². The Bertz CT molecular complexity index is 672. The molecule has 0 radical (unpaired) electrons. The zero-order chi connectivity index (χ0) is 17.4. The Morgan fingerprint density at radius 1 is 1.29 bits per heavy atom. The zero-order valence-electron chi connectivity index (χ0n) is 13.8. The van der Waals surface area contributed by atoms with Crippen LogP contribution in [0.25, 0.3) is 0 Å². The van der Waals surface area contributed by atoms with E-state index in [1.54, 1.807) is 42.6 Å². The quantitative estimate of drug-likeness (QED) is 0.676. The highest BCUT2D eigenvalue weighted by molar-refractivity contribution is 6.31. The van der Waals surface area contributed by atoms with Gasteiger partial charge >= 0.3 is 0 Å². The molecular weight excluding hydrogens is 324 g/mol. The third-order valence-electron chi connectivity index (χ3n) is 3.63. The minimum absolute atomic E-state index is 0.201. The SMILES string of the molecule is CCC[C@@H](CCN)Nc1ncccc1C(=O)Nc1cccc(Cl)c1. The largest absolute Gasteiger partial charge is 0.367 e. The molecule has 6 heteroatoms. The summed E-state index contributed by atoms with van der Waals surface area (Å²) >= 11 is 5.96. The third-order valence-corrected chi connectivity index (χ3v) is 3.86. The van der Waals surface area contributed by atoms with Gasteiger partial charge in [-0.15, -0.1) is 0 Å². The van der Waals surface area contributed by atoms with Crippen molar-refractivity contribution in [2.75, 3.05) is 17.2 Å². The number of carbonyl (C=O) groups excluding carboxylic acids is 1. The number of halogens is 1. The van der Waals surface area contributed by atoms with E-state index in [1.165, 1.54) is 0 Å². The highest BCUT2D eigenvalue weighted by Gasteiger charge is 2.15. The van der Waals surface area contributed by atoms with Crippen LogP contribution in [0.5, 0.6) is 0 Å². The van der Waals surface area contributed by atoms with Crippen LogP contribution in [0, 0.1) is 0 Å². The minimum Gasteiger partial charge on any atom is -0.367 e. The normalized spacial score (nSPS) is 11.8. The van der Waals surface area contributed by atoms with Crippen molar-refractivity contribution < 1.29 is 4.79 Å². The molecule has 5 nitrogen and oxygen atoms in total. The van der Waals surface area contributed by atoms with Gasteiger partial charge in [-0.1, -0.05) is 31.0 Å².